The zero-order chi connectivity index (χ0) is 23.0. The molecule has 0 aliphatic carbocycles. The highest BCUT2D eigenvalue weighted by molar-refractivity contribution is 7.13. The lowest BCUT2D eigenvalue weighted by Gasteiger charge is -2.11. The summed E-state index contributed by atoms with van der Waals surface area (Å²) in [6, 6.07) is 21.0. The van der Waals surface area contributed by atoms with E-state index < -0.39 is 18.5 Å². The number of rotatable bonds is 8. The Labute approximate surface area is 194 Å². The molecule has 0 unspecified atom stereocenters. The van der Waals surface area contributed by atoms with Crippen molar-refractivity contribution < 1.29 is 19.1 Å². The fourth-order valence-electron chi connectivity index (χ4n) is 3.06. The standard InChI is InChI=1S/C25H19N3O4S/c29-22(28-20-11-5-4-10-19(20)24(31)17-8-2-1-3-9-17)15-32-23(30)14-18-16-33-25(27-18)21-12-6-7-13-26-21/h1-13,16H,14-15H2,(H,28,29). The Kier molecular flexibility index (Phi) is 6.96. The molecular formula is C25H19N3O4S. The van der Waals surface area contributed by atoms with E-state index in [0.29, 0.717) is 27.5 Å². The zero-order valence-electron chi connectivity index (χ0n) is 17.4. The molecule has 0 saturated carbocycles. The lowest BCUT2D eigenvalue weighted by atomic mass is 10.0. The predicted molar refractivity (Wildman–Crippen MR) is 125 cm³/mol. The van der Waals surface area contributed by atoms with Crippen LogP contribution in [0.5, 0.6) is 0 Å². The van der Waals surface area contributed by atoms with Crippen molar-refractivity contribution in [3.63, 3.8) is 0 Å². The highest BCUT2D eigenvalue weighted by atomic mass is 32.1. The van der Waals surface area contributed by atoms with Gasteiger partial charge < -0.3 is 10.1 Å². The minimum atomic E-state index is -0.573. The van der Waals surface area contributed by atoms with Gasteiger partial charge in [-0.1, -0.05) is 48.5 Å². The second-order valence-electron chi connectivity index (χ2n) is 6.99. The zero-order valence-corrected chi connectivity index (χ0v) is 18.2. The van der Waals surface area contributed by atoms with Crippen LogP contribution in [0.2, 0.25) is 0 Å². The molecule has 0 fully saturated rings. The van der Waals surface area contributed by atoms with Crippen molar-refractivity contribution in [3.8, 4) is 10.7 Å². The second kappa shape index (κ2) is 10.4. The molecule has 1 N–H and O–H groups in total. The topological polar surface area (TPSA) is 98.2 Å². The maximum Gasteiger partial charge on any atom is 0.312 e. The van der Waals surface area contributed by atoms with Gasteiger partial charge in [0.15, 0.2) is 12.4 Å². The molecule has 0 radical (unpaired) electrons. The van der Waals surface area contributed by atoms with Crippen LogP contribution in [-0.4, -0.2) is 34.2 Å². The quantitative estimate of drug-likeness (QED) is 0.315. The first-order chi connectivity index (χ1) is 16.1. The summed E-state index contributed by atoms with van der Waals surface area (Å²) in [6.45, 7) is -0.468. The molecule has 1 amide bonds. The first kappa shape index (κ1) is 22.0. The Morgan fingerprint density at radius 2 is 1.67 bits per heavy atom. The molecule has 4 rings (SSSR count). The summed E-state index contributed by atoms with van der Waals surface area (Å²) in [5.74, 6) is -1.32. The first-order valence-electron chi connectivity index (χ1n) is 10.1. The van der Waals surface area contributed by atoms with Crippen LogP contribution in [-0.2, 0) is 20.7 Å². The lowest BCUT2D eigenvalue weighted by molar-refractivity contribution is -0.146. The number of aromatic nitrogens is 2. The van der Waals surface area contributed by atoms with Crippen molar-refractivity contribution in [1.29, 1.82) is 0 Å². The van der Waals surface area contributed by atoms with Gasteiger partial charge in [-0.05, 0) is 24.3 Å². The number of nitrogens with zero attached hydrogens (tertiary/aromatic N) is 2. The summed E-state index contributed by atoms with van der Waals surface area (Å²) in [5, 5.41) is 5.11. The number of pyridine rings is 1. The van der Waals surface area contributed by atoms with Crippen LogP contribution in [0.1, 0.15) is 21.6 Å². The third kappa shape index (κ3) is 5.75. The molecule has 33 heavy (non-hydrogen) atoms. The number of hydrogen-bond acceptors (Lipinski definition) is 7. The number of anilines is 1. The van der Waals surface area contributed by atoms with E-state index in [1.807, 2.05) is 24.3 Å². The monoisotopic (exact) mass is 457 g/mol. The van der Waals surface area contributed by atoms with E-state index in [0.717, 1.165) is 5.69 Å². The maximum absolute atomic E-state index is 12.8. The molecule has 0 aliphatic rings. The number of thiazole rings is 1. The summed E-state index contributed by atoms with van der Waals surface area (Å²) < 4.78 is 5.09. The maximum atomic E-state index is 12.8. The summed E-state index contributed by atoms with van der Waals surface area (Å²) in [5.41, 5.74) is 2.49. The molecule has 7 nitrogen and oxygen atoms in total. The van der Waals surface area contributed by atoms with Crippen LogP contribution < -0.4 is 5.32 Å². The molecule has 0 bridgehead atoms. The Morgan fingerprint density at radius 1 is 0.909 bits per heavy atom. The number of para-hydroxylation sites is 1. The van der Waals surface area contributed by atoms with E-state index in [-0.39, 0.29) is 12.2 Å². The number of carbonyl (C=O) groups is 3. The van der Waals surface area contributed by atoms with Crippen molar-refractivity contribution in [3.05, 3.63) is 101 Å². The Morgan fingerprint density at radius 3 is 2.45 bits per heavy atom. The molecule has 2 aromatic heterocycles. The molecule has 164 valence electrons. The molecule has 4 aromatic rings. The van der Waals surface area contributed by atoms with Crippen LogP contribution >= 0.6 is 11.3 Å². The van der Waals surface area contributed by atoms with Gasteiger partial charge in [0.1, 0.15) is 5.01 Å². The molecular weight excluding hydrogens is 438 g/mol. The van der Waals surface area contributed by atoms with Crippen LogP contribution in [0.25, 0.3) is 10.7 Å². The predicted octanol–water partition coefficient (Wildman–Crippen LogP) is 4.16. The normalized spacial score (nSPS) is 10.4. The van der Waals surface area contributed by atoms with Crippen molar-refractivity contribution in [2.24, 2.45) is 0 Å². The fraction of sp³-hybridized carbons (Fsp3) is 0.0800. The number of ether oxygens (including phenoxy) is 1. The third-order valence-corrected chi connectivity index (χ3v) is 5.52. The van der Waals surface area contributed by atoms with Gasteiger partial charge in [-0.15, -0.1) is 11.3 Å². The molecule has 8 heteroatoms. The van der Waals surface area contributed by atoms with Gasteiger partial charge in [0.2, 0.25) is 0 Å². The summed E-state index contributed by atoms with van der Waals surface area (Å²) in [6.07, 6.45) is 1.62. The lowest BCUT2D eigenvalue weighted by Crippen LogP contribution is -2.22. The number of amides is 1. The van der Waals surface area contributed by atoms with Gasteiger partial charge in [0.25, 0.3) is 5.91 Å². The van der Waals surface area contributed by atoms with Crippen molar-refractivity contribution in [1.82, 2.24) is 9.97 Å². The van der Waals surface area contributed by atoms with E-state index in [1.165, 1.54) is 11.3 Å². The van der Waals surface area contributed by atoms with Crippen LogP contribution in [0.4, 0.5) is 5.69 Å². The number of hydrogen-bond donors (Lipinski definition) is 1. The van der Waals surface area contributed by atoms with Crippen molar-refractivity contribution in [2.75, 3.05) is 11.9 Å². The number of ketones is 1. The fourth-order valence-corrected chi connectivity index (χ4v) is 3.86. The van der Waals surface area contributed by atoms with E-state index >= 15 is 0 Å². The number of carbonyl (C=O) groups excluding carboxylic acids is 3. The van der Waals surface area contributed by atoms with Gasteiger partial charge >= 0.3 is 5.97 Å². The molecule has 2 aromatic carbocycles. The summed E-state index contributed by atoms with van der Waals surface area (Å²) in [4.78, 5) is 45.9. The minimum Gasteiger partial charge on any atom is -0.455 e. The molecule has 0 spiro atoms. The number of nitrogens with one attached hydrogen (secondary N) is 1. The first-order valence-corrected chi connectivity index (χ1v) is 11.0. The van der Waals surface area contributed by atoms with Gasteiger partial charge in [-0.3, -0.25) is 19.4 Å². The Balaban J connectivity index is 1.32. The third-order valence-electron chi connectivity index (χ3n) is 4.61. The average Bonchev–Trinajstić information content (AvgIpc) is 3.32. The molecule has 0 saturated heterocycles. The van der Waals surface area contributed by atoms with E-state index in [4.69, 9.17) is 4.74 Å². The van der Waals surface area contributed by atoms with Crippen molar-refractivity contribution in [2.45, 2.75) is 6.42 Å². The van der Waals surface area contributed by atoms with E-state index in [2.05, 4.69) is 15.3 Å². The van der Waals surface area contributed by atoms with Gasteiger partial charge in [-0.25, -0.2) is 4.98 Å². The van der Waals surface area contributed by atoms with E-state index in [9.17, 15) is 14.4 Å². The van der Waals surface area contributed by atoms with E-state index in [1.54, 1.807) is 60.1 Å². The van der Waals surface area contributed by atoms with Crippen LogP contribution in [0.3, 0.4) is 0 Å². The minimum absolute atomic E-state index is 0.0559. The second-order valence-corrected chi connectivity index (χ2v) is 7.84. The number of esters is 1. The molecule has 2 heterocycles. The largest absolute Gasteiger partial charge is 0.455 e. The van der Waals surface area contributed by atoms with Gasteiger partial charge in [0, 0.05) is 22.7 Å². The molecule has 0 aliphatic heterocycles. The summed E-state index contributed by atoms with van der Waals surface area (Å²) in [7, 11) is 0. The van der Waals surface area contributed by atoms with Crippen LogP contribution in [0.15, 0.2) is 84.4 Å². The molecule has 0 atom stereocenters. The smallest absolute Gasteiger partial charge is 0.312 e. The summed E-state index contributed by atoms with van der Waals surface area (Å²) >= 11 is 1.38. The Hall–Kier alpha value is -4.17. The Bertz CT molecular complexity index is 1270. The van der Waals surface area contributed by atoms with Gasteiger partial charge in [0.05, 0.1) is 23.5 Å². The SMILES string of the molecule is O=C(COC(=O)Cc1csc(-c2ccccn2)n1)Nc1ccccc1C(=O)c1ccccc1. The average molecular weight is 458 g/mol. The highest BCUT2D eigenvalue weighted by Crippen LogP contribution is 2.22. The van der Waals surface area contributed by atoms with Gasteiger partial charge in [-0.2, -0.15) is 0 Å². The highest BCUT2D eigenvalue weighted by Gasteiger charge is 2.16. The number of benzene rings is 2. The van der Waals surface area contributed by atoms with Crippen molar-refractivity contribution >= 4 is 34.7 Å². The van der Waals surface area contributed by atoms with Crippen LogP contribution in [0, 0.1) is 0 Å².